The molecule has 0 saturated carbocycles. The maximum atomic E-state index is 12.5. The van der Waals surface area contributed by atoms with Gasteiger partial charge in [0.1, 0.15) is 11.6 Å². The van der Waals surface area contributed by atoms with Crippen LogP contribution in [0.25, 0.3) is 11.4 Å². The summed E-state index contributed by atoms with van der Waals surface area (Å²) in [5, 5.41) is 26.6. The number of sulfonamides is 2. The van der Waals surface area contributed by atoms with Crippen molar-refractivity contribution < 1.29 is 31.8 Å². The lowest BCUT2D eigenvalue weighted by molar-refractivity contribution is 0.0690. The Morgan fingerprint density at radius 2 is 0.979 bits per heavy atom. The fraction of sp³-hybridized carbons (Fsp3) is 0.0312. The number of carboxylic acids is 1. The van der Waals surface area contributed by atoms with Crippen LogP contribution in [0.2, 0.25) is 0 Å². The number of hydrogen-bond acceptors (Lipinski definition) is 8. The molecule has 0 aliphatic carbocycles. The molecule has 13 nitrogen and oxygen atoms in total. The van der Waals surface area contributed by atoms with Crippen molar-refractivity contribution in [1.29, 1.82) is 0 Å². The van der Waals surface area contributed by atoms with Crippen LogP contribution >= 0.6 is 0 Å². The van der Waals surface area contributed by atoms with E-state index in [2.05, 4.69) is 19.6 Å². The molecule has 0 amide bonds. The molecule has 6 rings (SSSR count). The van der Waals surface area contributed by atoms with Gasteiger partial charge in [-0.2, -0.15) is 10.2 Å². The van der Waals surface area contributed by atoms with Crippen LogP contribution in [0, 0.1) is 0 Å². The van der Waals surface area contributed by atoms with Crippen molar-refractivity contribution in [3.63, 3.8) is 0 Å². The number of aliphatic hydroxyl groups is 1. The molecule has 0 unspecified atom stereocenters. The Hall–Kier alpha value is -5.77. The standard InChI is InChI=1S/C16H13N3O4S.C16H15N3O3S/c20-16(21)14-11-15(19(17-14)12-7-3-1-4-8-12)18-24(22,23)13-9-5-2-6-10-13;20-12-13-11-16(19(17-13)14-7-3-1-4-8-14)18-23(21,22)15-9-5-2-6-10-15/h1-11,18H,(H,20,21);1-11,18,20H,12H2. The molecule has 0 atom stereocenters. The highest BCUT2D eigenvalue weighted by Crippen LogP contribution is 2.22. The highest BCUT2D eigenvalue weighted by Gasteiger charge is 2.21. The summed E-state index contributed by atoms with van der Waals surface area (Å²) in [6, 6.07) is 36.3. The van der Waals surface area contributed by atoms with Crippen molar-refractivity contribution in [3.8, 4) is 11.4 Å². The second-order valence-electron chi connectivity index (χ2n) is 9.73. The van der Waals surface area contributed by atoms with Crippen LogP contribution in [-0.4, -0.2) is 52.6 Å². The predicted octanol–water partition coefficient (Wildman–Crippen LogP) is 4.54. The van der Waals surface area contributed by atoms with Crippen LogP contribution in [0.3, 0.4) is 0 Å². The zero-order valence-corrected chi connectivity index (χ0v) is 26.1. The van der Waals surface area contributed by atoms with Gasteiger partial charge in [-0.3, -0.25) is 9.44 Å². The molecular weight excluding hydrogens is 645 g/mol. The molecule has 0 spiro atoms. The normalized spacial score (nSPS) is 11.3. The second-order valence-corrected chi connectivity index (χ2v) is 13.1. The third kappa shape index (κ3) is 7.91. The molecule has 0 fully saturated rings. The van der Waals surface area contributed by atoms with Gasteiger partial charge in [-0.25, -0.2) is 31.0 Å². The smallest absolute Gasteiger partial charge is 0.356 e. The lowest BCUT2D eigenvalue weighted by Gasteiger charge is -2.10. The molecule has 0 radical (unpaired) electrons. The maximum absolute atomic E-state index is 12.5. The van der Waals surface area contributed by atoms with Gasteiger partial charge in [0.05, 0.1) is 33.5 Å². The van der Waals surface area contributed by atoms with Crippen molar-refractivity contribution in [2.24, 2.45) is 0 Å². The van der Waals surface area contributed by atoms with Gasteiger partial charge in [-0.05, 0) is 48.5 Å². The van der Waals surface area contributed by atoms with Crippen molar-refractivity contribution >= 4 is 37.7 Å². The molecule has 4 aromatic carbocycles. The predicted molar refractivity (Wildman–Crippen MR) is 175 cm³/mol. The largest absolute Gasteiger partial charge is 0.476 e. The summed E-state index contributed by atoms with van der Waals surface area (Å²) in [5.41, 5.74) is 1.35. The average Bonchev–Trinajstić information content (AvgIpc) is 3.70. The summed E-state index contributed by atoms with van der Waals surface area (Å²) < 4.78 is 57.5. The fourth-order valence-corrected chi connectivity index (χ4v) is 6.37. The average molecular weight is 673 g/mol. The number of anilines is 2. The van der Waals surface area contributed by atoms with Crippen molar-refractivity contribution in [3.05, 3.63) is 145 Å². The van der Waals surface area contributed by atoms with Gasteiger partial charge in [0.15, 0.2) is 5.69 Å². The molecule has 0 aliphatic rings. The Morgan fingerprint density at radius 3 is 1.38 bits per heavy atom. The van der Waals surface area contributed by atoms with Gasteiger partial charge < -0.3 is 10.2 Å². The number of para-hydroxylation sites is 2. The van der Waals surface area contributed by atoms with E-state index in [9.17, 15) is 26.7 Å². The van der Waals surface area contributed by atoms with E-state index in [-0.39, 0.29) is 33.7 Å². The third-order valence-electron chi connectivity index (χ3n) is 6.44. The maximum Gasteiger partial charge on any atom is 0.356 e. The highest BCUT2D eigenvalue weighted by molar-refractivity contribution is 7.93. The van der Waals surface area contributed by atoms with Gasteiger partial charge in [-0.15, -0.1) is 0 Å². The third-order valence-corrected chi connectivity index (χ3v) is 9.18. The summed E-state index contributed by atoms with van der Waals surface area (Å²) in [7, 11) is -7.59. The number of aromatic nitrogens is 4. The minimum absolute atomic E-state index is 0.0439. The number of hydrogen-bond donors (Lipinski definition) is 4. The first-order chi connectivity index (χ1) is 22.6. The molecule has 4 N–H and O–H groups in total. The molecule has 2 aromatic heterocycles. The highest BCUT2D eigenvalue weighted by atomic mass is 32.2. The summed E-state index contributed by atoms with van der Waals surface area (Å²) in [4.78, 5) is 11.4. The Balaban J connectivity index is 0.000000185. The minimum Gasteiger partial charge on any atom is -0.476 e. The number of benzene rings is 4. The summed E-state index contributed by atoms with van der Waals surface area (Å²) in [6.45, 7) is -0.278. The van der Waals surface area contributed by atoms with E-state index in [1.807, 2.05) is 18.2 Å². The van der Waals surface area contributed by atoms with E-state index in [1.54, 1.807) is 78.9 Å². The second kappa shape index (κ2) is 14.1. The zero-order valence-electron chi connectivity index (χ0n) is 24.4. The Labute approximate surface area is 270 Å². The summed E-state index contributed by atoms with van der Waals surface area (Å²) in [5.74, 6) is -0.934. The number of rotatable bonds is 10. The van der Waals surface area contributed by atoms with E-state index < -0.39 is 26.0 Å². The van der Waals surface area contributed by atoms with Crippen molar-refractivity contribution in [2.45, 2.75) is 16.4 Å². The SMILES string of the molecule is O=C(O)c1cc(NS(=O)(=O)c2ccccc2)n(-c2ccccc2)n1.O=S(=O)(Nc1cc(CO)nn1-c1ccccc1)c1ccccc1. The first-order valence-corrected chi connectivity index (χ1v) is 16.8. The number of nitrogens with one attached hydrogen (secondary N) is 2. The number of aliphatic hydroxyl groups excluding tert-OH is 1. The Kier molecular flexibility index (Phi) is 9.80. The minimum atomic E-state index is -3.86. The zero-order chi connectivity index (χ0) is 33.4. The molecule has 15 heteroatoms. The first kappa shape index (κ1) is 32.6. The van der Waals surface area contributed by atoms with Gasteiger partial charge in [0, 0.05) is 12.1 Å². The lowest BCUT2D eigenvalue weighted by atomic mass is 10.3. The Morgan fingerprint density at radius 1 is 0.596 bits per heavy atom. The Bertz CT molecular complexity index is 2170. The van der Waals surface area contributed by atoms with Crippen LogP contribution in [0.15, 0.2) is 143 Å². The quantitative estimate of drug-likeness (QED) is 0.162. The number of aromatic carboxylic acids is 1. The molecule has 2 heterocycles. The monoisotopic (exact) mass is 672 g/mol. The van der Waals surface area contributed by atoms with Gasteiger partial charge >= 0.3 is 5.97 Å². The molecule has 47 heavy (non-hydrogen) atoms. The molecular formula is C32H28N6O7S2. The van der Waals surface area contributed by atoms with Crippen molar-refractivity contribution in [2.75, 3.05) is 9.44 Å². The molecule has 0 bridgehead atoms. The van der Waals surface area contributed by atoms with E-state index in [4.69, 9.17) is 5.11 Å². The molecule has 6 aromatic rings. The van der Waals surface area contributed by atoms with E-state index in [0.717, 1.165) is 0 Å². The van der Waals surface area contributed by atoms with E-state index in [0.29, 0.717) is 17.1 Å². The summed E-state index contributed by atoms with van der Waals surface area (Å²) >= 11 is 0. The van der Waals surface area contributed by atoms with Crippen LogP contribution < -0.4 is 9.44 Å². The van der Waals surface area contributed by atoms with Crippen LogP contribution in [0.5, 0.6) is 0 Å². The summed E-state index contributed by atoms with van der Waals surface area (Å²) in [6.07, 6.45) is 0. The molecule has 0 aliphatic heterocycles. The topological polar surface area (TPSA) is 186 Å². The van der Waals surface area contributed by atoms with Crippen LogP contribution in [0.4, 0.5) is 11.6 Å². The van der Waals surface area contributed by atoms with Gasteiger partial charge in [0.2, 0.25) is 0 Å². The van der Waals surface area contributed by atoms with Crippen molar-refractivity contribution in [1.82, 2.24) is 19.6 Å². The van der Waals surface area contributed by atoms with Gasteiger partial charge in [0.25, 0.3) is 20.0 Å². The lowest BCUT2D eigenvalue weighted by Crippen LogP contribution is -2.15. The molecule has 0 saturated heterocycles. The van der Waals surface area contributed by atoms with Crippen LogP contribution in [-0.2, 0) is 26.7 Å². The number of nitrogens with zero attached hydrogens (tertiary/aromatic N) is 4. The van der Waals surface area contributed by atoms with E-state index >= 15 is 0 Å². The number of carbonyl (C=O) groups is 1. The fourth-order valence-electron chi connectivity index (χ4n) is 4.26. The van der Waals surface area contributed by atoms with Crippen LogP contribution in [0.1, 0.15) is 16.2 Å². The van der Waals surface area contributed by atoms with Gasteiger partial charge in [-0.1, -0.05) is 72.8 Å². The number of carboxylic acid groups (broad SMARTS) is 1. The first-order valence-electron chi connectivity index (χ1n) is 13.9. The molecule has 240 valence electrons. The van der Waals surface area contributed by atoms with E-state index in [1.165, 1.54) is 45.8 Å².